The molecule has 2 aromatic carbocycles. The number of halogens is 1. The number of amides is 1. The maximum Gasteiger partial charge on any atom is 0.252 e. The molecule has 0 fully saturated rings. The SMILES string of the molecule is CNS(=O)(=O)c1ccc(CNC(=O)c2ccccc2-c2ncc(-c3ccccc3F)o2)s1. The van der Waals surface area contributed by atoms with E-state index >= 15 is 0 Å². The van der Waals surface area contributed by atoms with E-state index in [1.807, 2.05) is 0 Å². The zero-order valence-electron chi connectivity index (χ0n) is 16.8. The molecule has 0 aliphatic rings. The Bertz CT molecular complexity index is 1380. The number of nitrogens with zero attached hydrogens (tertiary/aromatic N) is 1. The maximum absolute atomic E-state index is 14.1. The summed E-state index contributed by atoms with van der Waals surface area (Å²) in [4.78, 5) is 17.7. The van der Waals surface area contributed by atoms with Crippen LogP contribution in [0.15, 0.2) is 75.5 Å². The van der Waals surface area contributed by atoms with Gasteiger partial charge in [0.25, 0.3) is 5.91 Å². The molecule has 0 atom stereocenters. The third kappa shape index (κ3) is 4.47. The minimum absolute atomic E-state index is 0.156. The predicted molar refractivity (Wildman–Crippen MR) is 119 cm³/mol. The van der Waals surface area contributed by atoms with Gasteiger partial charge in [0.1, 0.15) is 10.0 Å². The molecule has 0 bridgehead atoms. The second-order valence-corrected chi connectivity index (χ2v) is 9.95. The monoisotopic (exact) mass is 471 g/mol. The van der Waals surface area contributed by atoms with Crippen molar-refractivity contribution < 1.29 is 22.0 Å². The zero-order chi connectivity index (χ0) is 22.7. The standard InChI is InChI=1S/C22H18FN3O4S2/c1-24-32(28,29)20-11-10-14(31-20)12-25-21(27)15-6-2-3-7-16(15)22-26-13-19(30-22)17-8-4-5-9-18(17)23/h2-11,13,24H,12H2,1H3,(H,25,27). The molecule has 164 valence electrons. The van der Waals surface area contributed by atoms with E-state index in [1.165, 1.54) is 25.4 Å². The van der Waals surface area contributed by atoms with Crippen molar-refractivity contribution >= 4 is 27.3 Å². The van der Waals surface area contributed by atoms with Crippen LogP contribution in [0.4, 0.5) is 4.39 Å². The minimum atomic E-state index is -3.53. The van der Waals surface area contributed by atoms with Gasteiger partial charge in [-0.05, 0) is 43.4 Å². The van der Waals surface area contributed by atoms with Crippen LogP contribution < -0.4 is 10.0 Å². The van der Waals surface area contributed by atoms with Crippen LogP contribution in [0.5, 0.6) is 0 Å². The lowest BCUT2D eigenvalue weighted by atomic mass is 10.1. The Morgan fingerprint density at radius 2 is 1.78 bits per heavy atom. The molecule has 4 rings (SSSR count). The van der Waals surface area contributed by atoms with Gasteiger partial charge in [0.05, 0.1) is 23.9 Å². The number of aromatic nitrogens is 1. The van der Waals surface area contributed by atoms with Crippen LogP contribution >= 0.6 is 11.3 Å². The van der Waals surface area contributed by atoms with Crippen LogP contribution in [0.3, 0.4) is 0 Å². The number of benzene rings is 2. The number of carbonyl (C=O) groups excluding carboxylic acids is 1. The van der Waals surface area contributed by atoms with Gasteiger partial charge in [0.15, 0.2) is 5.76 Å². The third-order valence-electron chi connectivity index (χ3n) is 4.64. The van der Waals surface area contributed by atoms with E-state index < -0.39 is 15.8 Å². The zero-order valence-corrected chi connectivity index (χ0v) is 18.5. The summed E-state index contributed by atoms with van der Waals surface area (Å²) in [6.45, 7) is 0.156. The number of nitrogens with one attached hydrogen (secondary N) is 2. The van der Waals surface area contributed by atoms with E-state index in [2.05, 4.69) is 15.0 Å². The Labute approximate surface area is 188 Å². The number of sulfonamides is 1. The van der Waals surface area contributed by atoms with Crippen molar-refractivity contribution in [2.75, 3.05) is 7.05 Å². The van der Waals surface area contributed by atoms with E-state index in [-0.39, 0.29) is 33.9 Å². The van der Waals surface area contributed by atoms with Gasteiger partial charge in [-0.3, -0.25) is 4.79 Å². The summed E-state index contributed by atoms with van der Waals surface area (Å²) in [6.07, 6.45) is 1.41. The van der Waals surface area contributed by atoms with E-state index in [1.54, 1.807) is 48.5 Å². The van der Waals surface area contributed by atoms with Crippen LogP contribution in [0.2, 0.25) is 0 Å². The average molecular weight is 472 g/mol. The van der Waals surface area contributed by atoms with E-state index in [0.29, 0.717) is 16.0 Å². The fraction of sp³-hybridized carbons (Fsp3) is 0.0909. The number of hydrogen-bond acceptors (Lipinski definition) is 6. The first-order valence-electron chi connectivity index (χ1n) is 9.49. The molecule has 1 amide bonds. The highest BCUT2D eigenvalue weighted by molar-refractivity contribution is 7.91. The van der Waals surface area contributed by atoms with Crippen molar-refractivity contribution in [2.24, 2.45) is 0 Å². The largest absolute Gasteiger partial charge is 0.436 e. The molecule has 2 heterocycles. The molecule has 0 unspecified atom stereocenters. The van der Waals surface area contributed by atoms with Gasteiger partial charge in [0, 0.05) is 10.4 Å². The smallest absolute Gasteiger partial charge is 0.252 e. The quantitative estimate of drug-likeness (QED) is 0.424. The molecular formula is C22H18FN3O4S2. The van der Waals surface area contributed by atoms with E-state index in [0.717, 1.165) is 11.3 Å². The van der Waals surface area contributed by atoms with E-state index in [4.69, 9.17) is 4.42 Å². The fourth-order valence-corrected chi connectivity index (χ4v) is 5.15. The molecule has 2 N–H and O–H groups in total. The molecular weight excluding hydrogens is 453 g/mol. The van der Waals surface area contributed by atoms with Crippen LogP contribution in [0, 0.1) is 5.82 Å². The lowest BCUT2D eigenvalue weighted by Crippen LogP contribution is -2.23. The van der Waals surface area contributed by atoms with Gasteiger partial charge in [-0.2, -0.15) is 0 Å². The third-order valence-corrected chi connectivity index (χ3v) is 7.63. The van der Waals surface area contributed by atoms with Crippen LogP contribution in [-0.4, -0.2) is 26.4 Å². The first-order valence-corrected chi connectivity index (χ1v) is 11.8. The lowest BCUT2D eigenvalue weighted by molar-refractivity contribution is 0.0951. The molecule has 7 nitrogen and oxygen atoms in total. The van der Waals surface area contributed by atoms with Crippen LogP contribution in [0.25, 0.3) is 22.8 Å². The van der Waals surface area contributed by atoms with Gasteiger partial charge in [-0.1, -0.05) is 24.3 Å². The van der Waals surface area contributed by atoms with Gasteiger partial charge < -0.3 is 9.73 Å². The maximum atomic E-state index is 14.1. The molecule has 0 aliphatic heterocycles. The van der Waals surface area contributed by atoms with Crippen molar-refractivity contribution in [3.05, 3.63) is 83.1 Å². The van der Waals surface area contributed by atoms with Crippen LogP contribution in [-0.2, 0) is 16.6 Å². The highest BCUT2D eigenvalue weighted by Gasteiger charge is 2.19. The first-order chi connectivity index (χ1) is 15.4. The summed E-state index contributed by atoms with van der Waals surface area (Å²) in [7, 11) is -2.19. The molecule has 10 heteroatoms. The molecule has 0 aliphatic carbocycles. The molecule has 0 saturated carbocycles. The summed E-state index contributed by atoms with van der Waals surface area (Å²) < 4.78 is 46.0. The van der Waals surface area contributed by atoms with Gasteiger partial charge in [-0.25, -0.2) is 22.5 Å². The van der Waals surface area contributed by atoms with Gasteiger partial charge >= 0.3 is 0 Å². The number of hydrogen-bond donors (Lipinski definition) is 2. The number of thiophene rings is 1. The Hall–Kier alpha value is -3.34. The normalized spacial score (nSPS) is 11.4. The number of carbonyl (C=O) groups is 1. The first kappa shape index (κ1) is 21.9. The topological polar surface area (TPSA) is 101 Å². The lowest BCUT2D eigenvalue weighted by Gasteiger charge is -2.07. The van der Waals surface area contributed by atoms with E-state index in [9.17, 15) is 17.6 Å². The van der Waals surface area contributed by atoms with Crippen molar-refractivity contribution in [3.8, 4) is 22.8 Å². The molecule has 2 aromatic heterocycles. The molecule has 0 radical (unpaired) electrons. The Kier molecular flexibility index (Phi) is 6.17. The Morgan fingerprint density at radius 1 is 1.06 bits per heavy atom. The molecule has 0 spiro atoms. The highest BCUT2D eigenvalue weighted by Crippen LogP contribution is 2.29. The van der Waals surface area contributed by atoms with Crippen molar-refractivity contribution in [2.45, 2.75) is 10.8 Å². The summed E-state index contributed by atoms with van der Waals surface area (Å²) in [6, 6.07) is 16.1. The fourth-order valence-electron chi connectivity index (χ4n) is 3.01. The van der Waals surface area contributed by atoms with Crippen LogP contribution in [0.1, 0.15) is 15.2 Å². The Morgan fingerprint density at radius 3 is 2.53 bits per heavy atom. The van der Waals surface area contributed by atoms with Gasteiger partial charge in [-0.15, -0.1) is 11.3 Å². The van der Waals surface area contributed by atoms with Gasteiger partial charge in [0.2, 0.25) is 15.9 Å². The van der Waals surface area contributed by atoms with Crippen molar-refractivity contribution in [3.63, 3.8) is 0 Å². The number of oxazole rings is 1. The Balaban J connectivity index is 1.54. The summed E-state index contributed by atoms with van der Waals surface area (Å²) >= 11 is 1.07. The summed E-state index contributed by atoms with van der Waals surface area (Å²) in [5.41, 5.74) is 1.06. The second kappa shape index (κ2) is 9.03. The average Bonchev–Trinajstić information content (AvgIpc) is 3.48. The molecule has 32 heavy (non-hydrogen) atoms. The molecule has 0 saturated heterocycles. The van der Waals surface area contributed by atoms with Crippen molar-refractivity contribution in [1.29, 1.82) is 0 Å². The summed E-state index contributed by atoms with van der Waals surface area (Å²) in [5.74, 6) is -0.368. The molecule has 4 aromatic rings. The summed E-state index contributed by atoms with van der Waals surface area (Å²) in [5, 5.41) is 2.78. The number of rotatable bonds is 7. The highest BCUT2D eigenvalue weighted by atomic mass is 32.2. The predicted octanol–water partition coefficient (Wildman–Crippen LogP) is 4.05. The van der Waals surface area contributed by atoms with Crippen molar-refractivity contribution in [1.82, 2.24) is 15.0 Å². The second-order valence-electron chi connectivity index (χ2n) is 6.67. The minimum Gasteiger partial charge on any atom is -0.436 e.